The molecule has 2 aromatic heterocycles. The van der Waals surface area contributed by atoms with Crippen LogP contribution in [0.5, 0.6) is 0 Å². The summed E-state index contributed by atoms with van der Waals surface area (Å²) in [6.45, 7) is 5.70. The number of para-hydroxylation sites is 1. The number of furan rings is 1. The number of carbonyl (C=O) groups excluding carboxylic acids is 2. The fraction of sp³-hybridized carbons (Fsp3) is 0.370. The van der Waals surface area contributed by atoms with E-state index in [9.17, 15) is 9.59 Å². The van der Waals surface area contributed by atoms with Crippen molar-refractivity contribution in [1.29, 1.82) is 0 Å². The van der Waals surface area contributed by atoms with Crippen molar-refractivity contribution in [2.75, 3.05) is 6.54 Å². The van der Waals surface area contributed by atoms with Gasteiger partial charge in [0.25, 0.3) is 5.91 Å². The average Bonchev–Trinajstić information content (AvgIpc) is 3.55. The van der Waals surface area contributed by atoms with Gasteiger partial charge in [0.2, 0.25) is 5.91 Å². The van der Waals surface area contributed by atoms with Gasteiger partial charge in [-0.05, 0) is 56.4 Å². The molecular weight excluding hydrogens is 478 g/mol. The van der Waals surface area contributed by atoms with E-state index in [4.69, 9.17) is 16.6 Å². The molecule has 3 aromatic rings. The molecule has 2 saturated heterocycles. The minimum absolute atomic E-state index is 0.123. The number of nitrogens with zero attached hydrogens (tertiary/aromatic N) is 3. The number of fused-ring (bicyclic) bond motifs is 1. The first-order valence-corrected chi connectivity index (χ1v) is 13.4. The predicted molar refractivity (Wildman–Crippen MR) is 144 cm³/mol. The number of thioether (sulfide) groups is 1. The molecule has 4 heterocycles. The largest absolute Gasteiger partial charge is 0.467 e. The fourth-order valence-electron chi connectivity index (χ4n) is 5.03. The number of piperidine rings is 1. The van der Waals surface area contributed by atoms with E-state index in [0.717, 1.165) is 42.3 Å². The third-order valence-corrected chi connectivity index (χ3v) is 8.25. The van der Waals surface area contributed by atoms with Crippen LogP contribution >= 0.6 is 24.0 Å². The Bertz CT molecular complexity index is 1310. The van der Waals surface area contributed by atoms with Crippen molar-refractivity contribution >= 4 is 57.1 Å². The zero-order valence-electron chi connectivity index (χ0n) is 20.0. The quantitative estimate of drug-likeness (QED) is 0.321. The van der Waals surface area contributed by atoms with Gasteiger partial charge in [0.05, 0.1) is 23.2 Å². The highest BCUT2D eigenvalue weighted by Crippen LogP contribution is 2.36. The van der Waals surface area contributed by atoms with Gasteiger partial charge in [0, 0.05) is 29.7 Å². The number of rotatable bonds is 6. The Morgan fingerprint density at radius 3 is 2.86 bits per heavy atom. The maximum Gasteiger partial charge on any atom is 0.266 e. The second kappa shape index (κ2) is 10.0. The molecule has 1 aromatic carbocycles. The number of hydrogen-bond donors (Lipinski definition) is 0. The zero-order chi connectivity index (χ0) is 24.5. The Morgan fingerprint density at radius 2 is 2.11 bits per heavy atom. The van der Waals surface area contributed by atoms with Crippen molar-refractivity contribution in [3.05, 3.63) is 64.6 Å². The van der Waals surface area contributed by atoms with Gasteiger partial charge in [0.1, 0.15) is 16.6 Å². The molecule has 2 amide bonds. The molecule has 0 spiro atoms. The molecule has 0 unspecified atom stereocenters. The summed E-state index contributed by atoms with van der Waals surface area (Å²) in [7, 11) is 0. The predicted octanol–water partition coefficient (Wildman–Crippen LogP) is 5.60. The minimum Gasteiger partial charge on any atom is -0.467 e. The van der Waals surface area contributed by atoms with Gasteiger partial charge in [-0.1, -0.05) is 49.1 Å². The van der Waals surface area contributed by atoms with Crippen molar-refractivity contribution < 1.29 is 14.0 Å². The van der Waals surface area contributed by atoms with E-state index >= 15 is 0 Å². The zero-order valence-corrected chi connectivity index (χ0v) is 21.7. The molecule has 0 saturated carbocycles. The first kappa shape index (κ1) is 23.9. The number of aromatic nitrogens is 1. The summed E-state index contributed by atoms with van der Waals surface area (Å²) in [6, 6.07) is 10.1. The van der Waals surface area contributed by atoms with Crippen molar-refractivity contribution in [2.45, 2.75) is 58.7 Å². The number of hydrogen-bond acceptors (Lipinski definition) is 5. The van der Waals surface area contributed by atoms with E-state index in [1.165, 1.54) is 23.7 Å². The van der Waals surface area contributed by atoms with E-state index in [-0.39, 0.29) is 17.9 Å². The summed E-state index contributed by atoms with van der Waals surface area (Å²) in [5.74, 6) is 0.718. The first-order valence-electron chi connectivity index (χ1n) is 12.1. The lowest BCUT2D eigenvalue weighted by molar-refractivity contribution is -0.135. The molecule has 2 fully saturated rings. The lowest BCUT2D eigenvalue weighted by atomic mass is 10.0. The highest BCUT2D eigenvalue weighted by molar-refractivity contribution is 8.26. The first-order chi connectivity index (χ1) is 17.0. The summed E-state index contributed by atoms with van der Waals surface area (Å²) in [5.41, 5.74) is 3.17. The third kappa shape index (κ3) is 4.69. The molecule has 5 rings (SSSR count). The van der Waals surface area contributed by atoms with Crippen LogP contribution in [0.2, 0.25) is 0 Å². The van der Waals surface area contributed by atoms with E-state index in [2.05, 4.69) is 30.5 Å². The molecule has 0 N–H and O–H groups in total. The normalized spacial score (nSPS) is 19.9. The van der Waals surface area contributed by atoms with Crippen LogP contribution in [0.25, 0.3) is 17.0 Å². The summed E-state index contributed by atoms with van der Waals surface area (Å²) in [4.78, 5) is 30.6. The van der Waals surface area contributed by atoms with Crippen LogP contribution in [-0.2, 0) is 29.1 Å². The monoisotopic (exact) mass is 507 g/mol. The van der Waals surface area contributed by atoms with E-state index in [1.54, 1.807) is 17.2 Å². The van der Waals surface area contributed by atoms with Crippen molar-refractivity contribution in [3.8, 4) is 0 Å². The van der Waals surface area contributed by atoms with Gasteiger partial charge in [-0.3, -0.25) is 14.5 Å². The van der Waals surface area contributed by atoms with Crippen LogP contribution in [0.3, 0.4) is 0 Å². The molecule has 6 nitrogen and oxygen atoms in total. The Hall–Kier alpha value is -2.84. The topological polar surface area (TPSA) is 58.7 Å². The van der Waals surface area contributed by atoms with Gasteiger partial charge in [-0.2, -0.15) is 0 Å². The molecule has 1 atom stereocenters. The van der Waals surface area contributed by atoms with Crippen LogP contribution in [0.15, 0.2) is 52.1 Å². The Morgan fingerprint density at radius 1 is 1.26 bits per heavy atom. The number of carbonyl (C=O) groups is 2. The maximum absolute atomic E-state index is 13.3. The third-order valence-electron chi connectivity index (χ3n) is 6.88. The van der Waals surface area contributed by atoms with Gasteiger partial charge in [0.15, 0.2) is 0 Å². The molecule has 35 heavy (non-hydrogen) atoms. The SMILES string of the molecule is CCc1cccc2c(/C=C3\SC(=S)N(Cc4ccco4)C3=O)cn(CC(=O)N3CCCC[C@@H]3C)c12. The highest BCUT2D eigenvalue weighted by atomic mass is 32.2. The smallest absolute Gasteiger partial charge is 0.266 e. The summed E-state index contributed by atoms with van der Waals surface area (Å²) < 4.78 is 7.99. The van der Waals surface area contributed by atoms with Crippen molar-refractivity contribution in [2.24, 2.45) is 0 Å². The van der Waals surface area contributed by atoms with Gasteiger partial charge in [-0.15, -0.1) is 0 Å². The van der Waals surface area contributed by atoms with Gasteiger partial charge >= 0.3 is 0 Å². The molecule has 2 aliphatic rings. The fourth-order valence-corrected chi connectivity index (χ4v) is 6.28. The van der Waals surface area contributed by atoms with Crippen LogP contribution < -0.4 is 0 Å². The second-order valence-electron chi connectivity index (χ2n) is 9.16. The van der Waals surface area contributed by atoms with Crippen molar-refractivity contribution in [3.63, 3.8) is 0 Å². The summed E-state index contributed by atoms with van der Waals surface area (Å²) in [6.07, 6.45) is 9.68. The van der Waals surface area contributed by atoms with Crippen LogP contribution in [-0.4, -0.2) is 43.1 Å². The lowest BCUT2D eigenvalue weighted by Crippen LogP contribution is -2.43. The van der Waals surface area contributed by atoms with Gasteiger partial charge in [-0.25, -0.2) is 0 Å². The van der Waals surface area contributed by atoms with E-state index < -0.39 is 0 Å². The molecule has 182 valence electrons. The maximum atomic E-state index is 13.3. The van der Waals surface area contributed by atoms with Crippen LogP contribution in [0, 0.1) is 0 Å². The molecule has 8 heteroatoms. The number of likely N-dealkylation sites (tertiary alicyclic amines) is 1. The standard InChI is InChI=1S/C27H29N3O3S2/c1-3-19-9-6-11-22-20(14-23-26(32)30(27(34)35-23)16-21-10-7-13-33-21)15-28(25(19)22)17-24(31)29-12-5-4-8-18(29)2/h6-7,9-11,13-15,18H,3-5,8,12,16-17H2,1-2H3/b23-14-/t18-/m0/s1. The van der Waals surface area contributed by atoms with E-state index in [1.807, 2.05) is 29.3 Å². The molecule has 0 bridgehead atoms. The highest BCUT2D eigenvalue weighted by Gasteiger charge is 2.33. The number of amides is 2. The van der Waals surface area contributed by atoms with Gasteiger partial charge < -0.3 is 13.9 Å². The average molecular weight is 508 g/mol. The lowest BCUT2D eigenvalue weighted by Gasteiger charge is -2.33. The van der Waals surface area contributed by atoms with Crippen LogP contribution in [0.4, 0.5) is 0 Å². The number of thiocarbonyl (C=S) groups is 1. The number of benzene rings is 1. The summed E-state index contributed by atoms with van der Waals surface area (Å²) >= 11 is 6.80. The molecular formula is C27H29N3O3S2. The summed E-state index contributed by atoms with van der Waals surface area (Å²) in [5, 5.41) is 1.04. The van der Waals surface area contributed by atoms with Crippen LogP contribution in [0.1, 0.15) is 50.0 Å². The number of aryl methyl sites for hydroxylation is 1. The Kier molecular flexibility index (Phi) is 6.84. The Labute approximate surface area is 214 Å². The molecule has 0 aliphatic carbocycles. The van der Waals surface area contributed by atoms with E-state index in [0.29, 0.717) is 28.1 Å². The molecule has 2 aliphatic heterocycles. The molecule has 0 radical (unpaired) electrons. The minimum atomic E-state index is -0.123. The Balaban J connectivity index is 1.48. The second-order valence-corrected chi connectivity index (χ2v) is 10.8. The van der Waals surface area contributed by atoms with Crippen molar-refractivity contribution in [1.82, 2.24) is 14.4 Å².